The van der Waals surface area contributed by atoms with Crippen LogP contribution in [0.2, 0.25) is 0 Å². The van der Waals surface area contributed by atoms with Crippen LogP contribution in [0.3, 0.4) is 0 Å². The zero-order valence-electron chi connectivity index (χ0n) is 10.3. The first-order valence-corrected chi connectivity index (χ1v) is 7.25. The highest BCUT2D eigenvalue weighted by Gasteiger charge is 2.36. The molecule has 18 heavy (non-hydrogen) atoms. The fraction of sp³-hybridized carbons (Fsp3) is 0.538. The molecule has 0 atom stereocenters. The molecule has 4 nitrogen and oxygen atoms in total. The summed E-state index contributed by atoms with van der Waals surface area (Å²) in [6.07, 6.45) is 8.06. The Kier molecular flexibility index (Phi) is 3.11. The summed E-state index contributed by atoms with van der Waals surface area (Å²) in [5.74, 6) is 1.03. The molecule has 0 spiro atoms. The average molecular weight is 309 g/mol. The number of rotatable bonds is 2. The van der Waals surface area contributed by atoms with E-state index in [9.17, 15) is 0 Å². The van der Waals surface area contributed by atoms with Crippen LogP contribution in [0.1, 0.15) is 37.9 Å². The van der Waals surface area contributed by atoms with Crippen LogP contribution >= 0.6 is 15.9 Å². The van der Waals surface area contributed by atoms with Crippen molar-refractivity contribution in [2.45, 2.75) is 37.5 Å². The normalized spacial score (nSPS) is 19.2. The van der Waals surface area contributed by atoms with Gasteiger partial charge in [0.2, 0.25) is 0 Å². The van der Waals surface area contributed by atoms with E-state index >= 15 is 0 Å². The monoisotopic (exact) mass is 308 g/mol. The van der Waals surface area contributed by atoms with Gasteiger partial charge in [0.15, 0.2) is 5.65 Å². The Morgan fingerprint density at radius 3 is 2.72 bits per heavy atom. The molecule has 3 rings (SSSR count). The number of nitrogens with zero attached hydrogens (tertiary/aromatic N) is 3. The van der Waals surface area contributed by atoms with Crippen LogP contribution in [0.4, 0.5) is 0 Å². The summed E-state index contributed by atoms with van der Waals surface area (Å²) in [6, 6.07) is 3.97. The molecule has 0 aliphatic heterocycles. The first kappa shape index (κ1) is 12.1. The smallest absolute Gasteiger partial charge is 0.160 e. The third-order valence-corrected chi connectivity index (χ3v) is 4.51. The summed E-state index contributed by atoms with van der Waals surface area (Å²) in [6.45, 7) is 0.653. The van der Waals surface area contributed by atoms with Gasteiger partial charge in [-0.3, -0.25) is 4.40 Å². The van der Waals surface area contributed by atoms with Crippen molar-refractivity contribution in [3.05, 3.63) is 28.6 Å². The number of aromatic nitrogens is 3. The molecule has 0 saturated heterocycles. The van der Waals surface area contributed by atoms with Gasteiger partial charge in [-0.2, -0.15) is 0 Å². The van der Waals surface area contributed by atoms with Crippen LogP contribution in [0.25, 0.3) is 5.65 Å². The Bertz CT molecular complexity index is 557. The molecule has 5 heteroatoms. The van der Waals surface area contributed by atoms with Crippen molar-refractivity contribution in [3.8, 4) is 0 Å². The molecule has 0 unspecified atom stereocenters. The van der Waals surface area contributed by atoms with Crippen molar-refractivity contribution in [3.63, 3.8) is 0 Å². The molecule has 2 aromatic rings. The Labute approximate surface area is 115 Å². The standard InChI is InChI=1S/C13H17BrN4/c14-10-4-5-11-16-17-12(18(11)8-10)13(9-15)6-2-1-3-7-13/h4-5,8H,1-3,6-7,9,15H2. The SMILES string of the molecule is NCC1(c2nnc3ccc(Br)cn23)CCCCC1. The molecule has 1 saturated carbocycles. The highest BCUT2D eigenvalue weighted by atomic mass is 79.9. The molecule has 0 bridgehead atoms. The third-order valence-electron chi connectivity index (χ3n) is 4.04. The van der Waals surface area contributed by atoms with Gasteiger partial charge < -0.3 is 5.73 Å². The van der Waals surface area contributed by atoms with Crippen molar-refractivity contribution >= 4 is 21.6 Å². The molecule has 0 amide bonds. The fourth-order valence-corrected chi connectivity index (χ4v) is 3.31. The maximum absolute atomic E-state index is 6.07. The zero-order valence-corrected chi connectivity index (χ0v) is 11.9. The minimum atomic E-state index is 0.0124. The molecular formula is C13H17BrN4. The van der Waals surface area contributed by atoms with Crippen LogP contribution in [0.15, 0.2) is 22.8 Å². The van der Waals surface area contributed by atoms with E-state index in [1.165, 1.54) is 19.3 Å². The Balaban J connectivity index is 2.14. The maximum Gasteiger partial charge on any atom is 0.160 e. The van der Waals surface area contributed by atoms with Crippen molar-refractivity contribution in [2.75, 3.05) is 6.54 Å². The fourth-order valence-electron chi connectivity index (χ4n) is 2.97. The molecule has 0 aromatic carbocycles. The van der Waals surface area contributed by atoms with Crippen LogP contribution in [0.5, 0.6) is 0 Å². The predicted octanol–water partition coefficient (Wildman–Crippen LogP) is 2.65. The van der Waals surface area contributed by atoms with Gasteiger partial charge in [0.05, 0.1) is 0 Å². The second-order valence-electron chi connectivity index (χ2n) is 5.14. The molecule has 2 heterocycles. The largest absolute Gasteiger partial charge is 0.329 e. The highest BCUT2D eigenvalue weighted by molar-refractivity contribution is 9.10. The number of pyridine rings is 1. The number of halogens is 1. The van der Waals surface area contributed by atoms with Gasteiger partial charge in [0, 0.05) is 22.6 Å². The number of nitrogens with two attached hydrogens (primary N) is 1. The quantitative estimate of drug-likeness (QED) is 0.928. The molecule has 1 aliphatic rings. The lowest BCUT2D eigenvalue weighted by Gasteiger charge is -2.34. The highest BCUT2D eigenvalue weighted by Crippen LogP contribution is 2.37. The van der Waals surface area contributed by atoms with E-state index < -0.39 is 0 Å². The molecule has 0 radical (unpaired) electrons. The molecule has 1 aliphatic carbocycles. The van der Waals surface area contributed by atoms with E-state index in [1.54, 1.807) is 0 Å². The lowest BCUT2D eigenvalue weighted by atomic mass is 9.73. The summed E-state index contributed by atoms with van der Waals surface area (Å²) in [7, 11) is 0. The third kappa shape index (κ3) is 1.86. The lowest BCUT2D eigenvalue weighted by molar-refractivity contribution is 0.284. The van der Waals surface area contributed by atoms with Gasteiger partial charge in [-0.05, 0) is 40.9 Å². The first-order valence-electron chi connectivity index (χ1n) is 6.46. The second kappa shape index (κ2) is 4.63. The first-order chi connectivity index (χ1) is 8.75. The number of fused-ring (bicyclic) bond motifs is 1. The zero-order chi connectivity index (χ0) is 12.6. The van der Waals surface area contributed by atoms with Crippen molar-refractivity contribution in [1.82, 2.24) is 14.6 Å². The van der Waals surface area contributed by atoms with E-state index in [0.717, 1.165) is 28.8 Å². The topological polar surface area (TPSA) is 56.2 Å². The van der Waals surface area contributed by atoms with Crippen LogP contribution in [-0.4, -0.2) is 21.1 Å². The van der Waals surface area contributed by atoms with Crippen molar-refractivity contribution < 1.29 is 0 Å². The predicted molar refractivity (Wildman–Crippen MR) is 74.5 cm³/mol. The van der Waals surface area contributed by atoms with Crippen LogP contribution in [-0.2, 0) is 5.41 Å². The minimum Gasteiger partial charge on any atom is -0.329 e. The van der Waals surface area contributed by atoms with Crippen LogP contribution in [0, 0.1) is 0 Å². The van der Waals surface area contributed by atoms with Gasteiger partial charge in [-0.15, -0.1) is 10.2 Å². The molecular weight excluding hydrogens is 292 g/mol. The van der Waals surface area contributed by atoms with Gasteiger partial charge in [0.25, 0.3) is 0 Å². The van der Waals surface area contributed by atoms with Gasteiger partial charge in [-0.25, -0.2) is 0 Å². The van der Waals surface area contributed by atoms with Crippen molar-refractivity contribution in [2.24, 2.45) is 5.73 Å². The van der Waals surface area contributed by atoms with Crippen LogP contribution < -0.4 is 5.73 Å². The summed E-state index contributed by atoms with van der Waals surface area (Å²) in [5.41, 5.74) is 6.97. The Morgan fingerprint density at radius 2 is 2.00 bits per heavy atom. The van der Waals surface area contributed by atoms with Gasteiger partial charge in [0.1, 0.15) is 5.82 Å². The summed E-state index contributed by atoms with van der Waals surface area (Å²) in [4.78, 5) is 0. The molecule has 1 fully saturated rings. The van der Waals surface area contributed by atoms with E-state index in [-0.39, 0.29) is 5.41 Å². The summed E-state index contributed by atoms with van der Waals surface area (Å²) < 4.78 is 3.13. The van der Waals surface area contributed by atoms with E-state index in [1.807, 2.05) is 18.3 Å². The minimum absolute atomic E-state index is 0.0124. The van der Waals surface area contributed by atoms with E-state index in [0.29, 0.717) is 6.54 Å². The van der Waals surface area contributed by atoms with E-state index in [2.05, 4.69) is 30.5 Å². The summed E-state index contributed by atoms with van der Waals surface area (Å²) in [5, 5.41) is 8.68. The average Bonchev–Trinajstić information content (AvgIpc) is 2.83. The van der Waals surface area contributed by atoms with E-state index in [4.69, 9.17) is 5.73 Å². The number of hydrogen-bond acceptors (Lipinski definition) is 3. The van der Waals surface area contributed by atoms with Gasteiger partial charge in [-0.1, -0.05) is 19.3 Å². The molecule has 2 aromatic heterocycles. The molecule has 96 valence electrons. The van der Waals surface area contributed by atoms with Crippen molar-refractivity contribution in [1.29, 1.82) is 0 Å². The Morgan fingerprint density at radius 1 is 1.22 bits per heavy atom. The van der Waals surface area contributed by atoms with Gasteiger partial charge >= 0.3 is 0 Å². The maximum atomic E-state index is 6.07. The molecule has 2 N–H and O–H groups in total. The Hall–Kier alpha value is -0.940. The second-order valence-corrected chi connectivity index (χ2v) is 6.06. The summed E-state index contributed by atoms with van der Waals surface area (Å²) >= 11 is 3.51. The number of hydrogen-bond donors (Lipinski definition) is 1. The lowest BCUT2D eigenvalue weighted by Crippen LogP contribution is -2.39.